The molecule has 0 unspecified atom stereocenters. The second-order valence-corrected chi connectivity index (χ2v) is 4.20. The lowest BCUT2D eigenvalue weighted by molar-refractivity contribution is -0.174. The van der Waals surface area contributed by atoms with Gasteiger partial charge in [0.1, 0.15) is 18.2 Å². The average Bonchev–Trinajstić information content (AvgIpc) is 2.28. The first-order chi connectivity index (χ1) is 8.78. The molecular weight excluding hydrogens is 264 g/mol. The molecule has 0 amide bonds. The van der Waals surface area contributed by atoms with Crippen molar-refractivity contribution in [2.75, 3.05) is 13.2 Å². The van der Waals surface area contributed by atoms with Crippen LogP contribution in [0.15, 0.2) is 18.2 Å². The van der Waals surface area contributed by atoms with Gasteiger partial charge in [0.2, 0.25) is 0 Å². The van der Waals surface area contributed by atoms with E-state index in [0.717, 1.165) is 5.56 Å². The van der Waals surface area contributed by atoms with Gasteiger partial charge < -0.3 is 4.74 Å². The van der Waals surface area contributed by atoms with Gasteiger partial charge in [0.25, 0.3) is 0 Å². The molecule has 0 saturated heterocycles. The van der Waals surface area contributed by atoms with E-state index in [4.69, 9.17) is 0 Å². The topological polar surface area (TPSA) is 26.3 Å². The van der Waals surface area contributed by atoms with Crippen LogP contribution in [-0.2, 0) is 16.0 Å². The van der Waals surface area contributed by atoms with Crippen molar-refractivity contribution in [1.29, 1.82) is 0 Å². The molecule has 0 aromatic heterocycles. The van der Waals surface area contributed by atoms with Crippen molar-refractivity contribution in [3.63, 3.8) is 0 Å². The molecule has 0 radical (unpaired) electrons. The molecule has 0 N–H and O–H groups in total. The number of alkyl halides is 3. The van der Waals surface area contributed by atoms with Crippen LogP contribution in [0, 0.1) is 12.7 Å². The van der Waals surface area contributed by atoms with Crippen LogP contribution in [0.25, 0.3) is 0 Å². The summed E-state index contributed by atoms with van der Waals surface area (Å²) in [7, 11) is 0. The lowest BCUT2D eigenvalue weighted by atomic mass is 10.0. The fourth-order valence-electron chi connectivity index (χ4n) is 1.51. The largest absolute Gasteiger partial charge is 0.411 e. The molecule has 0 heterocycles. The number of carbonyl (C=O) groups excluding carboxylic acids is 1. The molecule has 19 heavy (non-hydrogen) atoms. The van der Waals surface area contributed by atoms with Crippen molar-refractivity contribution < 1.29 is 27.1 Å². The van der Waals surface area contributed by atoms with Crippen molar-refractivity contribution in [1.82, 2.24) is 0 Å². The zero-order chi connectivity index (χ0) is 14.5. The fraction of sp³-hybridized carbons (Fsp3) is 0.462. The van der Waals surface area contributed by atoms with Gasteiger partial charge in [-0.25, -0.2) is 4.39 Å². The van der Waals surface area contributed by atoms with Gasteiger partial charge in [-0.3, -0.25) is 4.79 Å². The predicted molar refractivity (Wildman–Crippen MR) is 61.3 cm³/mol. The van der Waals surface area contributed by atoms with E-state index in [2.05, 4.69) is 4.74 Å². The van der Waals surface area contributed by atoms with E-state index in [0.29, 0.717) is 5.56 Å². The van der Waals surface area contributed by atoms with E-state index >= 15 is 0 Å². The Hall–Kier alpha value is -1.43. The molecule has 1 rings (SSSR count). The number of hydrogen-bond acceptors (Lipinski definition) is 2. The summed E-state index contributed by atoms with van der Waals surface area (Å²) in [4.78, 5) is 11.5. The second kappa shape index (κ2) is 6.65. The summed E-state index contributed by atoms with van der Waals surface area (Å²) in [5.74, 6) is -0.724. The van der Waals surface area contributed by atoms with E-state index in [1.165, 1.54) is 12.1 Å². The number of hydrogen-bond donors (Lipinski definition) is 0. The third kappa shape index (κ3) is 6.33. The predicted octanol–water partition coefficient (Wildman–Crippen LogP) is 3.21. The maximum Gasteiger partial charge on any atom is 0.411 e. The first-order valence-corrected chi connectivity index (χ1v) is 5.69. The standard InChI is InChI=1S/C13H14F4O2/c1-9-2-3-11(14)6-10(9)7-12(18)4-5-19-8-13(15,16)17/h2-3,6H,4-5,7-8H2,1H3. The van der Waals surface area contributed by atoms with Gasteiger partial charge in [-0.15, -0.1) is 0 Å². The zero-order valence-corrected chi connectivity index (χ0v) is 10.4. The van der Waals surface area contributed by atoms with Crippen LogP contribution in [0.1, 0.15) is 17.5 Å². The number of aryl methyl sites for hydroxylation is 1. The molecule has 1 aromatic rings. The average molecular weight is 278 g/mol. The van der Waals surface area contributed by atoms with E-state index in [1.807, 2.05) is 0 Å². The lowest BCUT2D eigenvalue weighted by Gasteiger charge is -2.08. The summed E-state index contributed by atoms with van der Waals surface area (Å²) in [5.41, 5.74) is 1.31. The monoisotopic (exact) mass is 278 g/mol. The van der Waals surface area contributed by atoms with E-state index in [-0.39, 0.29) is 25.2 Å². The molecule has 2 nitrogen and oxygen atoms in total. The van der Waals surface area contributed by atoms with Gasteiger partial charge in [-0.1, -0.05) is 6.07 Å². The van der Waals surface area contributed by atoms with E-state index < -0.39 is 18.6 Å². The smallest absolute Gasteiger partial charge is 0.372 e. The van der Waals surface area contributed by atoms with Crippen molar-refractivity contribution in [2.45, 2.75) is 25.9 Å². The minimum absolute atomic E-state index is 0.00102. The van der Waals surface area contributed by atoms with Crippen LogP contribution in [0.2, 0.25) is 0 Å². The molecule has 0 aliphatic rings. The third-order valence-electron chi connectivity index (χ3n) is 2.49. The van der Waals surface area contributed by atoms with Crippen molar-refractivity contribution in [2.24, 2.45) is 0 Å². The molecule has 0 aliphatic carbocycles. The SMILES string of the molecule is Cc1ccc(F)cc1CC(=O)CCOCC(F)(F)F. The highest BCUT2D eigenvalue weighted by molar-refractivity contribution is 5.81. The lowest BCUT2D eigenvalue weighted by Crippen LogP contribution is -2.18. The molecule has 1 aromatic carbocycles. The summed E-state index contributed by atoms with van der Waals surface area (Å²) in [6, 6.07) is 4.09. The number of Topliss-reactive ketones (excluding diaryl/α,β-unsaturated/α-hetero) is 1. The number of halogens is 4. The Bertz CT molecular complexity index is 441. The highest BCUT2D eigenvalue weighted by Crippen LogP contribution is 2.15. The Morgan fingerprint density at radius 3 is 2.63 bits per heavy atom. The Morgan fingerprint density at radius 1 is 1.32 bits per heavy atom. The summed E-state index contributed by atoms with van der Waals surface area (Å²) in [6.07, 6.45) is -4.51. The molecule has 0 spiro atoms. The van der Waals surface area contributed by atoms with Crippen LogP contribution in [0.4, 0.5) is 17.6 Å². The Morgan fingerprint density at radius 2 is 2.00 bits per heavy atom. The third-order valence-corrected chi connectivity index (χ3v) is 2.49. The van der Waals surface area contributed by atoms with Gasteiger partial charge in [-0.05, 0) is 30.2 Å². The Kier molecular flexibility index (Phi) is 5.47. The minimum atomic E-state index is -4.39. The number of carbonyl (C=O) groups is 1. The van der Waals surface area contributed by atoms with E-state index in [9.17, 15) is 22.4 Å². The molecule has 0 atom stereocenters. The zero-order valence-electron chi connectivity index (χ0n) is 10.4. The van der Waals surface area contributed by atoms with Crippen LogP contribution in [0.5, 0.6) is 0 Å². The highest BCUT2D eigenvalue weighted by Gasteiger charge is 2.27. The summed E-state index contributed by atoms with van der Waals surface area (Å²) >= 11 is 0. The molecule has 0 fully saturated rings. The number of benzene rings is 1. The van der Waals surface area contributed by atoms with Crippen LogP contribution in [-0.4, -0.2) is 25.2 Å². The number of rotatable bonds is 6. The summed E-state index contributed by atoms with van der Waals surface area (Å²) in [5, 5.41) is 0. The van der Waals surface area contributed by atoms with Crippen LogP contribution < -0.4 is 0 Å². The maximum absolute atomic E-state index is 13.0. The maximum atomic E-state index is 13.0. The van der Waals surface area contributed by atoms with Crippen molar-refractivity contribution >= 4 is 5.78 Å². The summed E-state index contributed by atoms with van der Waals surface area (Å²) in [6.45, 7) is 0.0915. The highest BCUT2D eigenvalue weighted by atomic mass is 19.4. The van der Waals surface area contributed by atoms with Gasteiger partial charge in [-0.2, -0.15) is 13.2 Å². The quantitative estimate of drug-likeness (QED) is 0.590. The van der Waals surface area contributed by atoms with Gasteiger partial charge >= 0.3 is 6.18 Å². The molecule has 106 valence electrons. The van der Waals surface area contributed by atoms with Crippen molar-refractivity contribution in [3.05, 3.63) is 35.1 Å². The molecule has 6 heteroatoms. The van der Waals surface area contributed by atoms with Gasteiger partial charge in [0.05, 0.1) is 6.61 Å². The van der Waals surface area contributed by atoms with Crippen LogP contribution in [0.3, 0.4) is 0 Å². The fourth-order valence-corrected chi connectivity index (χ4v) is 1.51. The summed E-state index contributed by atoms with van der Waals surface area (Å²) < 4.78 is 52.6. The Labute approximate surface area is 108 Å². The molecule has 0 saturated carbocycles. The number of ether oxygens (including phenoxy) is 1. The molecule has 0 aliphatic heterocycles. The number of ketones is 1. The first kappa shape index (κ1) is 15.6. The van der Waals surface area contributed by atoms with Gasteiger partial charge in [0, 0.05) is 12.8 Å². The first-order valence-electron chi connectivity index (χ1n) is 5.69. The van der Waals surface area contributed by atoms with Crippen LogP contribution >= 0.6 is 0 Å². The van der Waals surface area contributed by atoms with E-state index in [1.54, 1.807) is 13.0 Å². The molecule has 0 bridgehead atoms. The molecular formula is C13H14F4O2. The Balaban J connectivity index is 2.37. The van der Waals surface area contributed by atoms with Crippen molar-refractivity contribution in [3.8, 4) is 0 Å². The normalized spacial score (nSPS) is 11.6. The minimum Gasteiger partial charge on any atom is -0.372 e. The van der Waals surface area contributed by atoms with Gasteiger partial charge in [0.15, 0.2) is 0 Å². The second-order valence-electron chi connectivity index (χ2n) is 4.20.